The van der Waals surface area contributed by atoms with Crippen LogP contribution in [-0.2, 0) is 0 Å². The zero-order valence-corrected chi connectivity index (χ0v) is 14.4. The Kier molecular flexibility index (Phi) is 12.2. The van der Waals surface area contributed by atoms with Gasteiger partial charge in [-0.2, -0.15) is 0 Å². The van der Waals surface area contributed by atoms with Crippen molar-refractivity contribution in [2.45, 2.75) is 50.9 Å². The Bertz CT molecular complexity index is 287. The van der Waals surface area contributed by atoms with Gasteiger partial charge in [0.05, 0.1) is 0 Å². The van der Waals surface area contributed by atoms with Gasteiger partial charge in [-0.15, -0.1) is 24.1 Å². The first kappa shape index (κ1) is 19.3. The molecule has 0 bridgehead atoms. The molecule has 0 aliphatic heterocycles. The second kappa shape index (κ2) is 12.0. The van der Waals surface area contributed by atoms with Crippen LogP contribution in [0.3, 0.4) is 0 Å². The molecule has 0 fully saturated rings. The van der Waals surface area contributed by atoms with Crippen LogP contribution in [0, 0.1) is 12.3 Å². The van der Waals surface area contributed by atoms with E-state index in [0.717, 1.165) is 54.5 Å². The van der Waals surface area contributed by atoms with Crippen molar-refractivity contribution in [3.8, 4) is 12.3 Å². The van der Waals surface area contributed by atoms with Gasteiger partial charge in [-0.05, 0) is 32.7 Å². The lowest BCUT2D eigenvalue weighted by Crippen LogP contribution is -2.21. The highest BCUT2D eigenvalue weighted by Gasteiger charge is 2.21. The Morgan fingerprint density at radius 2 is 2.16 bits per heavy atom. The molecular weight excluding hydrogens is 294 g/mol. The molecule has 5 heteroatoms. The molecule has 0 rings (SSSR count). The predicted octanol–water partition coefficient (Wildman–Crippen LogP) is 3.64. The van der Waals surface area contributed by atoms with Crippen molar-refractivity contribution in [1.82, 2.24) is 5.32 Å². The second-order valence-electron chi connectivity index (χ2n) is 4.54. The van der Waals surface area contributed by atoms with E-state index in [-0.39, 0.29) is 0 Å². The summed E-state index contributed by atoms with van der Waals surface area (Å²) in [5.41, 5.74) is 0. The van der Waals surface area contributed by atoms with Gasteiger partial charge in [-0.3, -0.25) is 0 Å². The van der Waals surface area contributed by atoms with Crippen molar-refractivity contribution in [2.75, 3.05) is 18.8 Å². The van der Waals surface area contributed by atoms with Gasteiger partial charge in [-0.25, -0.2) is 0 Å². The molecule has 0 aliphatic rings. The molecule has 0 saturated carbocycles. The number of unbranched alkanes of at least 4 members (excludes halogenated alkanes) is 2. The van der Waals surface area contributed by atoms with Gasteiger partial charge < -0.3 is 10.4 Å². The van der Waals surface area contributed by atoms with Crippen LogP contribution in [0.4, 0.5) is 0 Å². The molecule has 0 aromatic rings. The van der Waals surface area contributed by atoms with Crippen molar-refractivity contribution in [3.05, 3.63) is 0 Å². The normalized spacial score (nSPS) is 13.8. The largest absolute Gasteiger partial charge is 0.379 e. The molecule has 0 aromatic carbocycles. The van der Waals surface area contributed by atoms with Gasteiger partial charge in [0, 0.05) is 18.7 Å². The summed E-state index contributed by atoms with van der Waals surface area (Å²) >= 11 is 8.31. The van der Waals surface area contributed by atoms with Crippen molar-refractivity contribution in [3.63, 3.8) is 0 Å². The van der Waals surface area contributed by atoms with Crippen molar-refractivity contribution < 1.29 is 5.11 Å². The smallest absolute Gasteiger partial charge is 0.113 e. The Balaban J connectivity index is 3.46. The molecule has 19 heavy (non-hydrogen) atoms. The zero-order valence-electron chi connectivity index (χ0n) is 11.9. The Hall–Kier alpha value is 0.270. The monoisotopic (exact) mass is 319 g/mol. The lowest BCUT2D eigenvalue weighted by molar-refractivity contribution is 0.148. The molecule has 2 nitrogen and oxygen atoms in total. The summed E-state index contributed by atoms with van der Waals surface area (Å²) in [5.74, 6) is 3.59. The van der Waals surface area contributed by atoms with Crippen molar-refractivity contribution in [2.24, 2.45) is 0 Å². The Morgan fingerprint density at radius 1 is 1.42 bits per heavy atom. The third kappa shape index (κ3) is 13.0. The summed E-state index contributed by atoms with van der Waals surface area (Å²) in [4.78, 5) is -0.721. The number of hydrogen-bond acceptors (Lipinski definition) is 5. The highest BCUT2D eigenvalue weighted by atomic mass is 32.2. The minimum absolute atomic E-state index is 0.721. The predicted molar refractivity (Wildman–Crippen MR) is 93.7 cm³/mol. The van der Waals surface area contributed by atoms with Gasteiger partial charge in [-0.1, -0.05) is 37.3 Å². The minimum Gasteiger partial charge on any atom is -0.379 e. The van der Waals surface area contributed by atoms with Crippen LogP contribution in [0.1, 0.15) is 46.0 Å². The van der Waals surface area contributed by atoms with E-state index in [1.54, 1.807) is 11.8 Å². The summed E-state index contributed by atoms with van der Waals surface area (Å²) in [5, 5.41) is 13.4. The summed E-state index contributed by atoms with van der Waals surface area (Å²) < 4.78 is 0.826. The fourth-order valence-corrected chi connectivity index (χ4v) is 4.42. The maximum absolute atomic E-state index is 10.0. The van der Waals surface area contributed by atoms with E-state index in [1.807, 2.05) is 6.92 Å². The molecule has 0 amide bonds. The number of rotatable bonds is 10. The molecule has 0 heterocycles. The summed E-state index contributed by atoms with van der Waals surface area (Å²) in [7, 11) is 0. The van der Waals surface area contributed by atoms with Gasteiger partial charge in [0.25, 0.3) is 0 Å². The first-order chi connectivity index (χ1) is 9.02. The van der Waals surface area contributed by atoms with Crippen LogP contribution in [0.15, 0.2) is 0 Å². The van der Waals surface area contributed by atoms with E-state index in [9.17, 15) is 5.11 Å². The fourth-order valence-electron chi connectivity index (χ4n) is 1.53. The van der Waals surface area contributed by atoms with E-state index >= 15 is 0 Å². The van der Waals surface area contributed by atoms with E-state index in [1.165, 1.54) is 11.8 Å². The molecule has 1 unspecified atom stereocenters. The first-order valence-electron chi connectivity index (χ1n) is 6.74. The number of nitrogens with one attached hydrogen (secondary N) is 1. The average molecular weight is 320 g/mol. The SMILES string of the molecule is C#CCCCCNCCSC(=S)SC(C)(O)CCC. The molecule has 2 N–H and O–H groups in total. The van der Waals surface area contributed by atoms with Crippen LogP contribution in [0.25, 0.3) is 0 Å². The molecule has 110 valence electrons. The molecular formula is C14H25NOS3. The van der Waals surface area contributed by atoms with Gasteiger partial charge in [0.15, 0.2) is 0 Å². The number of thiocarbonyl (C=S) groups is 1. The minimum atomic E-state index is -0.721. The van der Waals surface area contributed by atoms with Crippen LogP contribution >= 0.6 is 35.7 Å². The van der Waals surface area contributed by atoms with E-state index < -0.39 is 4.93 Å². The van der Waals surface area contributed by atoms with E-state index in [0.29, 0.717) is 0 Å². The van der Waals surface area contributed by atoms with Crippen LogP contribution in [0.5, 0.6) is 0 Å². The number of aliphatic hydroxyl groups is 1. The molecule has 0 saturated heterocycles. The molecule has 0 aliphatic carbocycles. The summed E-state index contributed by atoms with van der Waals surface area (Å²) in [6, 6.07) is 0. The number of thioether (sulfide) groups is 2. The van der Waals surface area contributed by atoms with Crippen molar-refractivity contribution >= 4 is 39.3 Å². The maximum Gasteiger partial charge on any atom is 0.113 e. The number of hydrogen-bond donors (Lipinski definition) is 2. The highest BCUT2D eigenvalue weighted by molar-refractivity contribution is 8.47. The molecule has 0 aromatic heterocycles. The maximum atomic E-state index is 10.0. The zero-order chi connectivity index (χ0) is 14.6. The standard InChI is InChI=1S/C14H25NOS3/c1-4-6-7-8-10-15-11-12-18-13(17)19-14(3,16)9-5-2/h1,15-16H,5-12H2,2-3H3. The average Bonchev–Trinajstić information content (AvgIpc) is 2.31. The molecule has 0 spiro atoms. The summed E-state index contributed by atoms with van der Waals surface area (Å²) in [6.45, 7) is 5.85. The molecule has 0 radical (unpaired) electrons. The topological polar surface area (TPSA) is 32.3 Å². The fraction of sp³-hybridized carbons (Fsp3) is 0.786. The lowest BCUT2D eigenvalue weighted by Gasteiger charge is -2.21. The number of terminal acetylenes is 1. The van der Waals surface area contributed by atoms with Crippen LogP contribution in [-0.4, -0.2) is 32.4 Å². The Morgan fingerprint density at radius 3 is 2.79 bits per heavy atom. The van der Waals surface area contributed by atoms with Gasteiger partial charge >= 0.3 is 0 Å². The van der Waals surface area contributed by atoms with Gasteiger partial charge in [0.2, 0.25) is 0 Å². The quantitative estimate of drug-likeness (QED) is 0.278. The highest BCUT2D eigenvalue weighted by Crippen LogP contribution is 2.32. The second-order valence-corrected chi connectivity index (χ2v) is 8.32. The van der Waals surface area contributed by atoms with Crippen LogP contribution in [0.2, 0.25) is 0 Å². The van der Waals surface area contributed by atoms with Gasteiger partial charge in [0.1, 0.15) is 8.46 Å². The summed E-state index contributed by atoms with van der Waals surface area (Å²) in [6.07, 6.45) is 10.00. The third-order valence-corrected chi connectivity index (χ3v) is 5.10. The van der Waals surface area contributed by atoms with E-state index in [4.69, 9.17) is 18.6 Å². The molecule has 1 atom stereocenters. The first-order valence-corrected chi connectivity index (χ1v) is 8.95. The van der Waals surface area contributed by atoms with Crippen molar-refractivity contribution in [1.29, 1.82) is 0 Å². The Labute approximate surface area is 131 Å². The van der Waals surface area contributed by atoms with E-state index in [2.05, 4.69) is 18.2 Å². The third-order valence-electron chi connectivity index (χ3n) is 2.44. The lowest BCUT2D eigenvalue weighted by atomic mass is 10.2. The van der Waals surface area contributed by atoms with Crippen LogP contribution < -0.4 is 5.32 Å².